The van der Waals surface area contributed by atoms with Crippen LogP contribution in [0.4, 0.5) is 0 Å². The van der Waals surface area contributed by atoms with Gasteiger partial charge in [0.05, 0.1) is 10.8 Å². The molecular weight excluding hydrogens is 240 g/mol. The Labute approximate surface area is 83.9 Å². The molecule has 0 aliphatic carbocycles. The molecule has 0 radical (unpaired) electrons. The molecule has 0 saturated carbocycles. The zero-order valence-corrected chi connectivity index (χ0v) is 9.05. The molecule has 0 bridgehead atoms. The Balaban J connectivity index is -0.000000143. The predicted molar refractivity (Wildman–Crippen MR) is 53.9 cm³/mol. The molecule has 0 aromatic rings. The molecule has 2 N–H and O–H groups in total. The van der Waals surface area contributed by atoms with Crippen molar-refractivity contribution in [2.45, 2.75) is 0 Å². The lowest BCUT2D eigenvalue weighted by atomic mass is 11.3. The second-order valence-corrected chi connectivity index (χ2v) is 4.09. The summed E-state index contributed by atoms with van der Waals surface area (Å²) in [4.78, 5) is 0. The lowest BCUT2D eigenvalue weighted by Gasteiger charge is -1.73. The third-order valence-corrected chi connectivity index (χ3v) is 1.26. The van der Waals surface area contributed by atoms with Crippen molar-refractivity contribution in [3.8, 4) is 0 Å². The van der Waals surface area contributed by atoms with Gasteiger partial charge in [-0.25, -0.2) is 0 Å². The van der Waals surface area contributed by atoms with Gasteiger partial charge >= 0.3 is 0 Å². The molecule has 0 spiro atoms. The molecule has 0 aliphatic heterocycles. The van der Waals surface area contributed by atoms with Gasteiger partial charge in [-0.15, -0.1) is 0 Å². The van der Waals surface area contributed by atoms with E-state index < -0.39 is 20.2 Å². The molecule has 0 aliphatic rings. The number of hydrogen-bond donors (Lipinski definition) is 2. The minimum absolute atomic E-state index is 0. The Morgan fingerprint density at radius 2 is 0.923 bits per heavy atom. The second-order valence-electron chi connectivity index (χ2n) is 1.36. The van der Waals surface area contributed by atoms with Gasteiger partial charge in [-0.1, -0.05) is 13.2 Å². The van der Waals surface area contributed by atoms with Crippen molar-refractivity contribution in [2.24, 2.45) is 0 Å². The largest absolute Gasteiger partial charge is 0.287 e. The normalized spacial score (nSPS) is 10.0. The van der Waals surface area contributed by atoms with Crippen LogP contribution in [0.3, 0.4) is 0 Å². The van der Waals surface area contributed by atoms with Crippen molar-refractivity contribution in [3.63, 3.8) is 0 Å². The maximum atomic E-state index is 9.44. The summed E-state index contributed by atoms with van der Waals surface area (Å²) >= 11 is 0. The van der Waals surface area contributed by atoms with Crippen LogP contribution in [-0.4, -0.2) is 25.9 Å². The van der Waals surface area contributed by atoms with E-state index in [1.165, 1.54) is 0 Å². The number of hydrogen-bond acceptors (Lipinski definition) is 4. The molecule has 80 valence electrons. The lowest BCUT2D eigenvalue weighted by molar-refractivity contribution is 0.492. The van der Waals surface area contributed by atoms with E-state index in [2.05, 4.69) is 13.2 Å². The summed E-state index contributed by atoms with van der Waals surface area (Å²) in [5.74, 6) is 0. The Morgan fingerprint density at radius 1 is 0.846 bits per heavy atom. The van der Waals surface area contributed by atoms with Gasteiger partial charge in [0.2, 0.25) is 0 Å². The SMILES string of the molecule is C=CS(=O)(=O)O.C=CS(=O)(=O)O.S. The van der Waals surface area contributed by atoms with Crippen molar-refractivity contribution in [1.82, 2.24) is 0 Å². The molecule has 0 rings (SSSR count). The molecule has 0 aromatic heterocycles. The second kappa shape index (κ2) is 7.09. The topological polar surface area (TPSA) is 109 Å². The average Bonchev–Trinajstić information content (AvgIpc) is 1.86. The molecule has 13 heavy (non-hydrogen) atoms. The van der Waals surface area contributed by atoms with Crippen LogP contribution in [0.5, 0.6) is 0 Å². The van der Waals surface area contributed by atoms with Gasteiger partial charge in [-0.2, -0.15) is 30.3 Å². The Kier molecular flexibility index (Phi) is 10.1. The molecule has 0 saturated heterocycles. The first-order chi connectivity index (χ1) is 5.12. The average molecular weight is 250 g/mol. The van der Waals surface area contributed by atoms with E-state index in [0.29, 0.717) is 10.8 Å². The van der Waals surface area contributed by atoms with Gasteiger partial charge in [-0.05, 0) is 0 Å². The van der Waals surface area contributed by atoms with Gasteiger partial charge in [-0.3, -0.25) is 9.11 Å². The number of rotatable bonds is 2. The van der Waals surface area contributed by atoms with Crippen molar-refractivity contribution >= 4 is 33.7 Å². The molecule has 0 amide bonds. The summed E-state index contributed by atoms with van der Waals surface area (Å²) in [7, 11) is -7.80. The first-order valence-corrected chi connectivity index (χ1v) is 5.33. The van der Waals surface area contributed by atoms with Crippen LogP contribution < -0.4 is 0 Å². The maximum absolute atomic E-state index is 9.44. The van der Waals surface area contributed by atoms with Gasteiger partial charge in [0.25, 0.3) is 20.2 Å². The smallest absolute Gasteiger partial charge is 0.282 e. The molecule has 0 aromatic carbocycles. The van der Waals surface area contributed by atoms with Crippen molar-refractivity contribution in [2.75, 3.05) is 0 Å². The van der Waals surface area contributed by atoms with Crippen LogP contribution in [0.1, 0.15) is 0 Å². The minimum Gasteiger partial charge on any atom is -0.282 e. The fourth-order valence-electron chi connectivity index (χ4n) is 0. The van der Waals surface area contributed by atoms with E-state index in [1.807, 2.05) is 0 Å². The van der Waals surface area contributed by atoms with E-state index >= 15 is 0 Å². The van der Waals surface area contributed by atoms with Gasteiger partial charge < -0.3 is 0 Å². The molecule has 0 heterocycles. The molecule has 0 fully saturated rings. The Hall–Kier alpha value is -0.350. The quantitative estimate of drug-likeness (QED) is 0.675. The molecular formula is C4H10O6S3. The fraction of sp³-hybridized carbons (Fsp3) is 0. The van der Waals surface area contributed by atoms with Crippen LogP contribution in [0.2, 0.25) is 0 Å². The zero-order chi connectivity index (χ0) is 10.4. The third kappa shape index (κ3) is 34.0. The lowest BCUT2D eigenvalue weighted by Crippen LogP contribution is -1.86. The maximum Gasteiger partial charge on any atom is 0.287 e. The van der Waals surface area contributed by atoms with Gasteiger partial charge in [0, 0.05) is 0 Å². The van der Waals surface area contributed by atoms with Crippen LogP contribution in [0.25, 0.3) is 0 Å². The van der Waals surface area contributed by atoms with E-state index in [4.69, 9.17) is 9.11 Å². The third-order valence-electron chi connectivity index (χ3n) is 0.421. The van der Waals surface area contributed by atoms with Crippen LogP contribution in [0.15, 0.2) is 24.0 Å². The predicted octanol–water partition coefficient (Wildman–Crippen LogP) is 0.148. The van der Waals surface area contributed by atoms with Crippen LogP contribution >= 0.6 is 13.5 Å². The zero-order valence-electron chi connectivity index (χ0n) is 6.41. The minimum atomic E-state index is -3.90. The summed E-state index contributed by atoms with van der Waals surface area (Å²) in [5.41, 5.74) is 0. The first-order valence-electron chi connectivity index (χ1n) is 2.32. The molecule has 0 atom stereocenters. The first kappa shape index (κ1) is 18.4. The van der Waals surface area contributed by atoms with Gasteiger partial charge in [0.1, 0.15) is 0 Å². The molecule has 9 heteroatoms. The molecule has 6 nitrogen and oxygen atoms in total. The summed E-state index contributed by atoms with van der Waals surface area (Å²) in [5, 5.41) is 0.931. The van der Waals surface area contributed by atoms with Crippen LogP contribution in [0, 0.1) is 0 Å². The summed E-state index contributed by atoms with van der Waals surface area (Å²) < 4.78 is 53.1. The summed E-state index contributed by atoms with van der Waals surface area (Å²) in [6, 6.07) is 0. The highest BCUT2D eigenvalue weighted by Crippen LogP contribution is 1.76. The van der Waals surface area contributed by atoms with Crippen LogP contribution in [-0.2, 0) is 20.2 Å². The highest BCUT2D eigenvalue weighted by atomic mass is 32.2. The van der Waals surface area contributed by atoms with E-state index in [9.17, 15) is 16.8 Å². The van der Waals surface area contributed by atoms with E-state index in [0.717, 1.165) is 0 Å². The Morgan fingerprint density at radius 3 is 0.923 bits per heavy atom. The van der Waals surface area contributed by atoms with Gasteiger partial charge in [0.15, 0.2) is 0 Å². The van der Waals surface area contributed by atoms with Crippen molar-refractivity contribution in [1.29, 1.82) is 0 Å². The van der Waals surface area contributed by atoms with Crippen molar-refractivity contribution < 1.29 is 25.9 Å². The fourth-order valence-corrected chi connectivity index (χ4v) is 0. The van der Waals surface area contributed by atoms with Crippen molar-refractivity contribution in [3.05, 3.63) is 24.0 Å². The molecule has 0 unspecified atom stereocenters. The summed E-state index contributed by atoms with van der Waals surface area (Å²) in [6.45, 7) is 5.59. The summed E-state index contributed by atoms with van der Waals surface area (Å²) in [6.07, 6.45) is 0. The highest BCUT2D eigenvalue weighted by molar-refractivity contribution is 7.89. The standard InChI is InChI=1S/2C2H4O3S.H2S/c2*1-2-6(3,4)5;/h2*2H,1H2,(H,3,4,5);1H2. The monoisotopic (exact) mass is 250 g/mol. The Bertz CT molecular complexity index is 277. The van der Waals surface area contributed by atoms with E-state index in [1.54, 1.807) is 0 Å². The van der Waals surface area contributed by atoms with E-state index in [-0.39, 0.29) is 13.5 Å². The highest BCUT2D eigenvalue weighted by Gasteiger charge is 1.88.